The van der Waals surface area contributed by atoms with E-state index in [0.29, 0.717) is 11.3 Å². The highest BCUT2D eigenvalue weighted by Crippen LogP contribution is 2.35. The SMILES string of the molecule is Fc1ccc(C(c2ccccc2)c2cc3ccccc3o2)cc1F. The number of halogens is 2. The number of hydrogen-bond donors (Lipinski definition) is 0. The van der Waals surface area contributed by atoms with E-state index in [1.54, 1.807) is 6.07 Å². The molecule has 0 aliphatic carbocycles. The lowest BCUT2D eigenvalue weighted by atomic mass is 9.89. The van der Waals surface area contributed by atoms with Crippen LogP contribution >= 0.6 is 0 Å². The second-order valence-corrected chi connectivity index (χ2v) is 5.70. The summed E-state index contributed by atoms with van der Waals surface area (Å²) in [5.74, 6) is -1.30. The number of rotatable bonds is 3. The molecule has 3 heteroatoms. The Labute approximate surface area is 138 Å². The van der Waals surface area contributed by atoms with Crippen LogP contribution in [0.5, 0.6) is 0 Å². The Kier molecular flexibility index (Phi) is 3.62. The van der Waals surface area contributed by atoms with E-state index in [2.05, 4.69) is 0 Å². The van der Waals surface area contributed by atoms with Crippen LogP contribution in [0.25, 0.3) is 11.0 Å². The Balaban J connectivity index is 1.91. The van der Waals surface area contributed by atoms with Gasteiger partial charge in [0, 0.05) is 5.39 Å². The van der Waals surface area contributed by atoms with E-state index < -0.39 is 11.6 Å². The van der Waals surface area contributed by atoms with Crippen molar-refractivity contribution >= 4 is 11.0 Å². The Morgan fingerprint density at radius 1 is 0.667 bits per heavy atom. The lowest BCUT2D eigenvalue weighted by molar-refractivity contribution is 0.503. The first-order chi connectivity index (χ1) is 11.7. The van der Waals surface area contributed by atoms with Crippen LogP contribution in [0.3, 0.4) is 0 Å². The highest BCUT2D eigenvalue weighted by Gasteiger charge is 2.22. The van der Waals surface area contributed by atoms with Gasteiger partial charge in [-0.05, 0) is 35.4 Å². The molecule has 0 amide bonds. The third-order valence-electron chi connectivity index (χ3n) is 4.14. The zero-order valence-corrected chi connectivity index (χ0v) is 12.7. The predicted molar refractivity (Wildman–Crippen MR) is 90.0 cm³/mol. The minimum Gasteiger partial charge on any atom is -0.460 e. The first kappa shape index (κ1) is 14.6. The van der Waals surface area contributed by atoms with Crippen LogP contribution in [0.15, 0.2) is 83.3 Å². The van der Waals surface area contributed by atoms with Gasteiger partial charge in [0.05, 0.1) is 5.92 Å². The van der Waals surface area contributed by atoms with Crippen molar-refractivity contribution in [3.8, 4) is 0 Å². The summed E-state index contributed by atoms with van der Waals surface area (Å²) in [6.45, 7) is 0. The largest absolute Gasteiger partial charge is 0.460 e. The van der Waals surface area contributed by atoms with Crippen molar-refractivity contribution in [2.75, 3.05) is 0 Å². The highest BCUT2D eigenvalue weighted by atomic mass is 19.2. The first-order valence-corrected chi connectivity index (χ1v) is 7.71. The maximum absolute atomic E-state index is 13.8. The summed E-state index contributed by atoms with van der Waals surface area (Å²) < 4.78 is 33.1. The molecule has 0 saturated carbocycles. The molecule has 0 aliphatic rings. The van der Waals surface area contributed by atoms with Gasteiger partial charge in [-0.2, -0.15) is 0 Å². The zero-order valence-electron chi connectivity index (χ0n) is 12.7. The van der Waals surface area contributed by atoms with Crippen molar-refractivity contribution in [3.05, 3.63) is 107 Å². The molecular formula is C21H14F2O. The van der Waals surface area contributed by atoms with E-state index in [-0.39, 0.29) is 5.92 Å². The van der Waals surface area contributed by atoms with Crippen LogP contribution in [0.4, 0.5) is 8.78 Å². The lowest BCUT2D eigenvalue weighted by Crippen LogP contribution is -2.03. The summed E-state index contributed by atoms with van der Waals surface area (Å²) >= 11 is 0. The Bertz CT molecular complexity index is 956. The summed E-state index contributed by atoms with van der Waals surface area (Å²) in [7, 11) is 0. The second-order valence-electron chi connectivity index (χ2n) is 5.70. The Hall–Kier alpha value is -2.94. The third-order valence-corrected chi connectivity index (χ3v) is 4.14. The van der Waals surface area contributed by atoms with Crippen molar-refractivity contribution in [1.82, 2.24) is 0 Å². The lowest BCUT2D eigenvalue weighted by Gasteiger charge is -2.16. The monoisotopic (exact) mass is 320 g/mol. The molecule has 0 radical (unpaired) electrons. The molecule has 1 heterocycles. The van der Waals surface area contributed by atoms with Crippen molar-refractivity contribution in [2.24, 2.45) is 0 Å². The van der Waals surface area contributed by atoms with Gasteiger partial charge in [-0.3, -0.25) is 0 Å². The minimum absolute atomic E-state index is 0.297. The summed E-state index contributed by atoms with van der Waals surface area (Å²) in [6, 6.07) is 23.3. The van der Waals surface area contributed by atoms with E-state index in [4.69, 9.17) is 4.42 Å². The van der Waals surface area contributed by atoms with Gasteiger partial charge >= 0.3 is 0 Å². The molecule has 118 valence electrons. The minimum atomic E-state index is -0.857. The summed E-state index contributed by atoms with van der Waals surface area (Å²) in [5, 5.41) is 0.982. The average molecular weight is 320 g/mol. The quantitative estimate of drug-likeness (QED) is 0.458. The normalized spacial score (nSPS) is 12.4. The molecule has 0 aliphatic heterocycles. The van der Waals surface area contributed by atoms with Crippen LogP contribution in [0.1, 0.15) is 22.8 Å². The molecule has 1 nitrogen and oxygen atoms in total. The highest BCUT2D eigenvalue weighted by molar-refractivity contribution is 5.78. The van der Waals surface area contributed by atoms with Gasteiger partial charge in [0.15, 0.2) is 11.6 Å². The van der Waals surface area contributed by atoms with Crippen LogP contribution in [-0.2, 0) is 0 Å². The van der Waals surface area contributed by atoms with Gasteiger partial charge in [-0.25, -0.2) is 8.78 Å². The first-order valence-electron chi connectivity index (χ1n) is 7.71. The van der Waals surface area contributed by atoms with Gasteiger partial charge < -0.3 is 4.42 Å². The molecule has 4 rings (SSSR count). The van der Waals surface area contributed by atoms with E-state index in [0.717, 1.165) is 22.6 Å². The molecule has 3 aromatic carbocycles. The Morgan fingerprint density at radius 3 is 2.17 bits per heavy atom. The molecule has 0 spiro atoms. The van der Waals surface area contributed by atoms with Gasteiger partial charge in [0.25, 0.3) is 0 Å². The van der Waals surface area contributed by atoms with Gasteiger partial charge in [0.1, 0.15) is 11.3 Å². The predicted octanol–water partition coefficient (Wildman–Crippen LogP) is 5.89. The number of para-hydroxylation sites is 1. The van der Waals surface area contributed by atoms with Crippen LogP contribution in [0, 0.1) is 11.6 Å². The van der Waals surface area contributed by atoms with Crippen molar-refractivity contribution in [1.29, 1.82) is 0 Å². The molecule has 0 saturated heterocycles. The maximum Gasteiger partial charge on any atom is 0.159 e. The molecular weight excluding hydrogens is 306 g/mol. The number of fused-ring (bicyclic) bond motifs is 1. The van der Waals surface area contributed by atoms with Crippen molar-refractivity contribution < 1.29 is 13.2 Å². The van der Waals surface area contributed by atoms with E-state index in [1.165, 1.54) is 6.07 Å². The fourth-order valence-electron chi connectivity index (χ4n) is 3.00. The van der Waals surface area contributed by atoms with Crippen LogP contribution in [0.2, 0.25) is 0 Å². The van der Waals surface area contributed by atoms with Crippen LogP contribution < -0.4 is 0 Å². The number of benzene rings is 3. The second kappa shape index (κ2) is 5.93. The number of furan rings is 1. The molecule has 24 heavy (non-hydrogen) atoms. The van der Waals surface area contributed by atoms with E-state index in [1.807, 2.05) is 60.7 Å². The van der Waals surface area contributed by atoms with Gasteiger partial charge in [-0.1, -0.05) is 54.6 Å². The van der Waals surface area contributed by atoms with E-state index in [9.17, 15) is 8.78 Å². The smallest absolute Gasteiger partial charge is 0.159 e. The Morgan fingerprint density at radius 2 is 1.42 bits per heavy atom. The summed E-state index contributed by atoms with van der Waals surface area (Å²) in [4.78, 5) is 0. The van der Waals surface area contributed by atoms with Gasteiger partial charge in [0.2, 0.25) is 0 Å². The molecule has 1 atom stereocenters. The summed E-state index contributed by atoms with van der Waals surface area (Å²) in [5.41, 5.74) is 2.39. The fourth-order valence-corrected chi connectivity index (χ4v) is 3.00. The summed E-state index contributed by atoms with van der Waals surface area (Å²) in [6.07, 6.45) is 0. The molecule has 1 aromatic heterocycles. The standard InChI is InChI=1S/C21H14F2O/c22-17-11-10-16(12-18(17)23)21(14-6-2-1-3-7-14)20-13-15-8-4-5-9-19(15)24-20/h1-13,21H. The van der Waals surface area contributed by atoms with Crippen molar-refractivity contribution in [2.45, 2.75) is 5.92 Å². The topological polar surface area (TPSA) is 13.1 Å². The van der Waals surface area contributed by atoms with Gasteiger partial charge in [-0.15, -0.1) is 0 Å². The fraction of sp³-hybridized carbons (Fsp3) is 0.0476. The molecule has 0 fully saturated rings. The molecule has 0 N–H and O–H groups in total. The average Bonchev–Trinajstić information content (AvgIpc) is 3.03. The number of hydrogen-bond acceptors (Lipinski definition) is 1. The van der Waals surface area contributed by atoms with Crippen molar-refractivity contribution in [3.63, 3.8) is 0 Å². The maximum atomic E-state index is 13.8. The molecule has 4 aromatic rings. The molecule has 0 bridgehead atoms. The zero-order chi connectivity index (χ0) is 16.5. The van der Waals surface area contributed by atoms with Crippen LogP contribution in [-0.4, -0.2) is 0 Å². The third kappa shape index (κ3) is 2.58. The van der Waals surface area contributed by atoms with E-state index >= 15 is 0 Å². The molecule has 1 unspecified atom stereocenters.